The fraction of sp³-hybridized carbons (Fsp3) is 0.750. The van der Waals surface area contributed by atoms with Gasteiger partial charge in [0, 0.05) is 4.24 Å². The van der Waals surface area contributed by atoms with Crippen LogP contribution in [0.2, 0.25) is 0 Å². The molecule has 0 bridgehead atoms. The van der Waals surface area contributed by atoms with Gasteiger partial charge >= 0.3 is 0 Å². The van der Waals surface area contributed by atoms with Gasteiger partial charge in [-0.2, -0.15) is 0 Å². The first-order chi connectivity index (χ1) is 4.77. The van der Waals surface area contributed by atoms with E-state index in [2.05, 4.69) is 38.3 Å². The molecule has 0 saturated heterocycles. The fourth-order valence-electron chi connectivity index (χ4n) is 0.802. The van der Waals surface area contributed by atoms with E-state index in [1.54, 1.807) is 0 Å². The molecule has 0 aromatic carbocycles. The van der Waals surface area contributed by atoms with Crippen molar-refractivity contribution in [2.24, 2.45) is 0 Å². The number of unbranched alkanes of at least 4 members (excludes halogenated alkanes) is 4. The molecule has 0 aliphatic heterocycles. The number of rotatable bonds is 5. The van der Waals surface area contributed by atoms with Gasteiger partial charge in [-0.25, -0.2) is 0 Å². The van der Waals surface area contributed by atoms with Crippen LogP contribution in [0, 0.1) is 0 Å². The highest BCUT2D eigenvalue weighted by molar-refractivity contribution is 8.04. The van der Waals surface area contributed by atoms with Crippen LogP contribution in [0.3, 0.4) is 0 Å². The Morgan fingerprint density at radius 2 is 1.90 bits per heavy atom. The Labute approximate surface area is 74.9 Å². The lowest BCUT2D eigenvalue weighted by Gasteiger charge is -1.93. The van der Waals surface area contributed by atoms with Crippen molar-refractivity contribution in [2.75, 3.05) is 0 Å². The third-order valence-electron chi connectivity index (χ3n) is 1.38. The third kappa shape index (κ3) is 8.44. The predicted molar refractivity (Wildman–Crippen MR) is 54.8 cm³/mol. The van der Waals surface area contributed by atoms with Crippen molar-refractivity contribution >= 4 is 25.3 Å². The monoisotopic (exact) mass is 176 g/mol. The third-order valence-corrected chi connectivity index (χ3v) is 1.75. The predicted octanol–water partition coefficient (Wildman–Crippen LogP) is 3.66. The van der Waals surface area contributed by atoms with Gasteiger partial charge in [-0.3, -0.25) is 0 Å². The average Bonchev–Trinajstić information content (AvgIpc) is 1.87. The molecule has 0 aliphatic carbocycles. The van der Waals surface area contributed by atoms with E-state index in [1.807, 2.05) is 0 Å². The Kier molecular flexibility index (Phi) is 7.88. The van der Waals surface area contributed by atoms with E-state index >= 15 is 0 Å². The van der Waals surface area contributed by atoms with Gasteiger partial charge in [0.1, 0.15) is 0 Å². The highest BCUT2D eigenvalue weighted by atomic mass is 32.2. The molecule has 60 valence electrons. The van der Waals surface area contributed by atoms with Gasteiger partial charge in [-0.05, 0) is 12.8 Å². The fourth-order valence-corrected chi connectivity index (χ4v) is 1.06. The maximum atomic E-state index is 4.05. The maximum Gasteiger partial charge on any atom is 0.0299 e. The molecule has 0 radical (unpaired) electrons. The summed E-state index contributed by atoms with van der Waals surface area (Å²) < 4.78 is 0.844. The molecule has 0 heterocycles. The van der Waals surface area contributed by atoms with Crippen molar-refractivity contribution in [3.8, 4) is 0 Å². The van der Waals surface area contributed by atoms with Gasteiger partial charge < -0.3 is 0 Å². The van der Waals surface area contributed by atoms with Crippen LogP contribution in [0.15, 0.2) is 10.3 Å². The summed E-state index contributed by atoms with van der Waals surface area (Å²) in [5.74, 6) is 0. The van der Waals surface area contributed by atoms with E-state index < -0.39 is 0 Å². The van der Waals surface area contributed by atoms with Crippen molar-refractivity contribution in [3.63, 3.8) is 0 Å². The molecule has 0 aliphatic rings. The molecule has 0 saturated carbocycles. The molecule has 0 aromatic heterocycles. The topological polar surface area (TPSA) is 0 Å². The SMILES string of the molecule is CCCCCCC=C(S)S. The number of allylic oxidation sites excluding steroid dienone is 1. The molecule has 10 heavy (non-hydrogen) atoms. The summed E-state index contributed by atoms with van der Waals surface area (Å²) in [6.45, 7) is 2.22. The molecule has 0 nitrogen and oxygen atoms in total. The lowest BCUT2D eigenvalue weighted by molar-refractivity contribution is 0.674. The second kappa shape index (κ2) is 7.55. The van der Waals surface area contributed by atoms with Crippen molar-refractivity contribution in [2.45, 2.75) is 39.0 Å². The summed E-state index contributed by atoms with van der Waals surface area (Å²) in [5.41, 5.74) is 0. The minimum absolute atomic E-state index is 0.844. The first-order valence-electron chi connectivity index (χ1n) is 3.85. The molecular weight excluding hydrogens is 160 g/mol. The van der Waals surface area contributed by atoms with Crippen LogP contribution in [0.1, 0.15) is 39.0 Å². The van der Waals surface area contributed by atoms with Gasteiger partial charge in [-0.1, -0.05) is 32.3 Å². The van der Waals surface area contributed by atoms with E-state index in [1.165, 1.54) is 25.7 Å². The molecule has 0 N–H and O–H groups in total. The number of hydrogen-bond acceptors (Lipinski definition) is 2. The second-order valence-corrected chi connectivity index (χ2v) is 3.73. The average molecular weight is 176 g/mol. The smallest absolute Gasteiger partial charge is 0.0299 e. The van der Waals surface area contributed by atoms with Crippen LogP contribution in [0.5, 0.6) is 0 Å². The Morgan fingerprint density at radius 3 is 2.40 bits per heavy atom. The highest BCUT2D eigenvalue weighted by Crippen LogP contribution is 2.09. The molecule has 0 amide bonds. The standard InChI is InChI=1S/C8H16S2/c1-2-3-4-5-6-7-8(9)10/h7,9-10H,2-6H2,1H3. The van der Waals surface area contributed by atoms with E-state index in [0.717, 1.165) is 10.7 Å². The van der Waals surface area contributed by atoms with E-state index in [0.29, 0.717) is 0 Å². The summed E-state index contributed by atoms with van der Waals surface area (Å²) in [6, 6.07) is 0. The van der Waals surface area contributed by atoms with Gasteiger partial charge in [0.25, 0.3) is 0 Å². The first kappa shape index (κ1) is 10.4. The van der Waals surface area contributed by atoms with Gasteiger partial charge in [0.05, 0.1) is 0 Å². The van der Waals surface area contributed by atoms with Crippen molar-refractivity contribution in [1.82, 2.24) is 0 Å². The van der Waals surface area contributed by atoms with Crippen LogP contribution in [-0.2, 0) is 0 Å². The molecule has 0 aromatic rings. The van der Waals surface area contributed by atoms with Crippen molar-refractivity contribution in [1.29, 1.82) is 0 Å². The maximum absolute atomic E-state index is 4.05. The Bertz CT molecular complexity index is 93.4. The zero-order chi connectivity index (χ0) is 7.82. The Balaban J connectivity index is 2.98. The summed E-state index contributed by atoms with van der Waals surface area (Å²) in [5, 5.41) is 0. The summed E-state index contributed by atoms with van der Waals surface area (Å²) in [6.07, 6.45) is 8.45. The van der Waals surface area contributed by atoms with Crippen molar-refractivity contribution < 1.29 is 0 Å². The molecule has 2 heteroatoms. The second-order valence-electron chi connectivity index (χ2n) is 2.41. The molecule has 0 spiro atoms. The Morgan fingerprint density at radius 1 is 1.20 bits per heavy atom. The zero-order valence-electron chi connectivity index (χ0n) is 6.51. The molecule has 0 unspecified atom stereocenters. The van der Waals surface area contributed by atoms with E-state index in [-0.39, 0.29) is 0 Å². The number of thiol groups is 2. The van der Waals surface area contributed by atoms with E-state index in [4.69, 9.17) is 0 Å². The summed E-state index contributed by atoms with van der Waals surface area (Å²) in [7, 11) is 0. The molecule has 0 fully saturated rings. The largest absolute Gasteiger partial charge is 0.137 e. The van der Waals surface area contributed by atoms with Gasteiger partial charge in [0.2, 0.25) is 0 Å². The van der Waals surface area contributed by atoms with Gasteiger partial charge in [-0.15, -0.1) is 25.3 Å². The molecular formula is C8H16S2. The zero-order valence-corrected chi connectivity index (χ0v) is 8.30. The first-order valence-corrected chi connectivity index (χ1v) is 4.75. The minimum atomic E-state index is 0.844. The lowest BCUT2D eigenvalue weighted by atomic mass is 10.2. The highest BCUT2D eigenvalue weighted by Gasteiger charge is 1.84. The quantitative estimate of drug-likeness (QED) is 0.463. The van der Waals surface area contributed by atoms with Crippen LogP contribution in [0.4, 0.5) is 0 Å². The molecule has 0 atom stereocenters. The summed E-state index contributed by atoms with van der Waals surface area (Å²) in [4.78, 5) is 0. The van der Waals surface area contributed by atoms with Crippen LogP contribution < -0.4 is 0 Å². The van der Waals surface area contributed by atoms with Gasteiger partial charge in [0.15, 0.2) is 0 Å². The minimum Gasteiger partial charge on any atom is -0.137 e. The molecule has 0 rings (SSSR count). The normalized spacial score (nSPS) is 9.50. The van der Waals surface area contributed by atoms with Crippen LogP contribution >= 0.6 is 25.3 Å². The van der Waals surface area contributed by atoms with Crippen molar-refractivity contribution in [3.05, 3.63) is 10.3 Å². The van der Waals surface area contributed by atoms with Crippen LogP contribution in [0.25, 0.3) is 0 Å². The summed E-state index contributed by atoms with van der Waals surface area (Å²) >= 11 is 8.10. The Hall–Kier alpha value is 0.440. The van der Waals surface area contributed by atoms with Crippen LogP contribution in [-0.4, -0.2) is 0 Å². The van der Waals surface area contributed by atoms with E-state index in [9.17, 15) is 0 Å². The number of hydrogen-bond donors (Lipinski definition) is 2. The lowest BCUT2D eigenvalue weighted by Crippen LogP contribution is -1.73.